The number of carbonyl (C=O) groups excluding carboxylic acids is 7. The van der Waals surface area contributed by atoms with Gasteiger partial charge in [-0.15, -0.1) is 0 Å². The van der Waals surface area contributed by atoms with Gasteiger partial charge < -0.3 is 35.2 Å². The number of pyridine rings is 2. The van der Waals surface area contributed by atoms with Crippen LogP contribution in [0.3, 0.4) is 0 Å². The molecule has 2 amide bonds. The minimum Gasteiger partial charge on any atom is -0.507 e. The molecule has 3 heterocycles. The number of hydrogen-bond donors (Lipinski definition) is 3. The molecule has 1 aliphatic heterocycles. The number of phenols is 1. The van der Waals surface area contributed by atoms with Crippen molar-refractivity contribution in [3.8, 4) is 34.5 Å². The van der Waals surface area contributed by atoms with Gasteiger partial charge in [-0.3, -0.25) is 38.7 Å². The van der Waals surface area contributed by atoms with Crippen molar-refractivity contribution in [3.05, 3.63) is 191 Å². The Hall–Kier alpha value is -9.51. The minimum atomic E-state index is -0.955. The Morgan fingerprint density at radius 1 is 0.637 bits per heavy atom. The van der Waals surface area contributed by atoms with E-state index in [-0.39, 0.29) is 85.1 Å². The van der Waals surface area contributed by atoms with Crippen LogP contribution in [-0.4, -0.2) is 62.5 Å². The Morgan fingerprint density at radius 2 is 1.01 bits per heavy atom. The summed E-state index contributed by atoms with van der Waals surface area (Å²) in [5, 5.41) is 13.9. The van der Waals surface area contributed by atoms with Crippen molar-refractivity contribution in [1.82, 2.24) is 15.3 Å². The molecule has 0 spiro atoms. The number of nitrogens with one attached hydrogen (secondary N) is 1. The zero-order chi connectivity index (χ0) is 56.0. The number of fused-ring (bicyclic) bond motifs is 3. The van der Waals surface area contributed by atoms with Crippen molar-refractivity contribution in [2.24, 2.45) is 16.6 Å². The number of nitrogens with zero attached hydrogens (tertiary/aromatic N) is 2. The molecule has 2 saturated carbocycles. The zero-order valence-corrected chi connectivity index (χ0v) is 42.9. The maximum absolute atomic E-state index is 13.2. The van der Waals surface area contributed by atoms with Gasteiger partial charge in [-0.05, 0) is 135 Å². The summed E-state index contributed by atoms with van der Waals surface area (Å²) in [5.41, 5.74) is 7.81. The van der Waals surface area contributed by atoms with Gasteiger partial charge in [-0.1, -0.05) is 56.0 Å². The molecule has 11 rings (SSSR count). The SMILES string of the molecule is C.CC1NC(=O)c2cc3c(Oc4ccc(CC(=O)C5(C(=O)Cc6ccc(F)cc6)CC5)cc4)ccnc3cc2O1.CC=O.NC(=O)c1cc2c(Oc3ccc(CC(=O)C4(C(=O)Cc5ccc(F)cc5)CC4)cc3)ccnc2cc1O. The summed E-state index contributed by atoms with van der Waals surface area (Å²) in [7, 11) is 0. The van der Waals surface area contributed by atoms with Gasteiger partial charge in [0.2, 0.25) is 0 Å². The number of primary amides is 1. The second-order valence-corrected chi connectivity index (χ2v) is 19.5. The lowest BCUT2D eigenvalue weighted by Gasteiger charge is -2.24. The third kappa shape index (κ3) is 12.7. The number of aromatic hydroxyl groups is 1. The van der Waals surface area contributed by atoms with Crippen molar-refractivity contribution in [2.75, 3.05) is 0 Å². The number of rotatable bonds is 17. The number of carbonyl (C=O) groups is 7. The van der Waals surface area contributed by atoms with Crippen LogP contribution < -0.4 is 25.3 Å². The van der Waals surface area contributed by atoms with Crippen molar-refractivity contribution in [3.63, 3.8) is 0 Å². The molecule has 3 aliphatic rings. The Balaban J connectivity index is 0.000000198. The molecular weight excluding hydrogens is 1030 g/mol. The highest BCUT2D eigenvalue weighted by Gasteiger charge is 2.55. The van der Waals surface area contributed by atoms with E-state index in [2.05, 4.69) is 15.3 Å². The number of aromatic nitrogens is 2. The van der Waals surface area contributed by atoms with Gasteiger partial charge in [0.05, 0.1) is 33.0 Å². The first-order valence-corrected chi connectivity index (χ1v) is 25.3. The quantitative estimate of drug-likeness (QED) is 0.0570. The fourth-order valence-electron chi connectivity index (χ4n) is 9.34. The zero-order valence-electron chi connectivity index (χ0n) is 42.9. The molecule has 408 valence electrons. The van der Waals surface area contributed by atoms with E-state index in [9.17, 15) is 42.7 Å². The number of aldehydes is 1. The molecule has 1 atom stereocenters. The number of ketones is 4. The van der Waals surface area contributed by atoms with Crippen LogP contribution in [0.2, 0.25) is 0 Å². The van der Waals surface area contributed by atoms with Crippen molar-refractivity contribution in [1.29, 1.82) is 0 Å². The summed E-state index contributed by atoms with van der Waals surface area (Å²) in [6, 6.07) is 35.2. The van der Waals surface area contributed by atoms with Crippen molar-refractivity contribution in [2.45, 2.75) is 78.9 Å². The van der Waals surface area contributed by atoms with Crippen LogP contribution in [0.15, 0.2) is 146 Å². The molecule has 2 fully saturated rings. The number of hydrogen-bond acceptors (Lipinski definition) is 13. The lowest BCUT2D eigenvalue weighted by atomic mass is 9.88. The van der Waals surface area contributed by atoms with Crippen LogP contribution in [0.1, 0.15) is 89.9 Å². The molecule has 15 nitrogen and oxygen atoms in total. The van der Waals surface area contributed by atoms with E-state index in [1.165, 1.54) is 49.5 Å². The van der Waals surface area contributed by atoms with Crippen LogP contribution >= 0.6 is 0 Å². The molecule has 6 aromatic carbocycles. The van der Waals surface area contributed by atoms with E-state index in [0.29, 0.717) is 92.9 Å². The van der Waals surface area contributed by atoms with Crippen LogP contribution in [-0.2, 0) is 49.7 Å². The highest BCUT2D eigenvalue weighted by atomic mass is 19.1. The number of Topliss-reactive ketones (excluding diaryl/α,β-unsaturated/α-hetero) is 4. The molecule has 17 heteroatoms. The lowest BCUT2D eigenvalue weighted by Crippen LogP contribution is -2.41. The molecule has 2 aromatic heterocycles. The summed E-state index contributed by atoms with van der Waals surface area (Å²) in [6.45, 7) is 3.20. The summed E-state index contributed by atoms with van der Waals surface area (Å²) in [6.07, 6.45) is 6.13. The Bertz CT molecular complexity index is 3670. The van der Waals surface area contributed by atoms with E-state index in [1.54, 1.807) is 98.0 Å². The van der Waals surface area contributed by atoms with Gasteiger partial charge in [0.25, 0.3) is 11.8 Å². The number of halogens is 2. The van der Waals surface area contributed by atoms with Crippen LogP contribution in [0.25, 0.3) is 21.8 Å². The topological polar surface area (TPSA) is 231 Å². The van der Waals surface area contributed by atoms with Gasteiger partial charge in [0, 0.05) is 61.0 Å². The van der Waals surface area contributed by atoms with Crippen LogP contribution in [0.4, 0.5) is 8.78 Å². The van der Waals surface area contributed by atoms with Crippen LogP contribution in [0, 0.1) is 22.5 Å². The van der Waals surface area contributed by atoms with E-state index >= 15 is 0 Å². The summed E-state index contributed by atoms with van der Waals surface area (Å²) in [5.74, 6) is 0.0315. The smallest absolute Gasteiger partial charge is 0.257 e. The first-order valence-electron chi connectivity index (χ1n) is 25.3. The second kappa shape index (κ2) is 24.0. The standard InChI is InChI=1S/C31H25FN2O5.C29H23FN2O5.C2H4O.CH4/c1-18-34-30(37)24-16-23-25(17-27(24)38-18)33-13-10-26(23)39-22-8-4-20(5-9-22)15-29(36)31(11-12-31)28(35)14-19-2-6-21(32)7-3-19;30-19-5-1-17(2-6-19)13-26(34)29(10-11-29)27(35)14-18-3-7-20(8-4-18)37-25-9-12-32-23-16-24(33)22(28(31)36)15-21(23)25;1-2-3;/h2-10,13,16-18H,11-12,14-15H2,1H3,(H,34,37);1-9,12,15-16,33H,10-11,13-14H2,(H2,31,36);2H,1H3;1H4. The van der Waals surface area contributed by atoms with Gasteiger partial charge in [0.15, 0.2) is 29.4 Å². The number of benzene rings is 6. The average molecular weight is 1080 g/mol. The Kier molecular flexibility index (Phi) is 17.0. The van der Waals surface area contributed by atoms with Crippen molar-refractivity contribution < 1.29 is 61.7 Å². The lowest BCUT2D eigenvalue weighted by molar-refractivity contribution is -0.135. The summed E-state index contributed by atoms with van der Waals surface area (Å²) < 4.78 is 44.1. The van der Waals surface area contributed by atoms with E-state index in [0.717, 1.165) is 17.4 Å². The van der Waals surface area contributed by atoms with E-state index in [1.807, 2.05) is 12.1 Å². The number of ether oxygens (including phenoxy) is 3. The molecule has 8 aromatic rings. The maximum Gasteiger partial charge on any atom is 0.257 e. The Labute approximate surface area is 459 Å². The normalized spacial score (nSPS) is 14.8. The summed E-state index contributed by atoms with van der Waals surface area (Å²) in [4.78, 5) is 93.4. The molecule has 2 aliphatic carbocycles. The predicted octanol–water partition coefficient (Wildman–Crippen LogP) is 10.9. The second-order valence-electron chi connectivity index (χ2n) is 19.5. The van der Waals surface area contributed by atoms with Gasteiger partial charge in [-0.25, -0.2) is 8.78 Å². The molecule has 80 heavy (non-hydrogen) atoms. The van der Waals surface area contributed by atoms with Gasteiger partial charge in [0.1, 0.15) is 52.4 Å². The highest BCUT2D eigenvalue weighted by Crippen LogP contribution is 2.50. The van der Waals surface area contributed by atoms with E-state index in [4.69, 9.17) is 24.7 Å². The maximum atomic E-state index is 13.2. The average Bonchev–Trinajstić information content (AvgIpc) is 4.40. The Morgan fingerprint density at radius 3 is 1.40 bits per heavy atom. The van der Waals surface area contributed by atoms with Gasteiger partial charge >= 0.3 is 0 Å². The van der Waals surface area contributed by atoms with E-state index < -0.39 is 23.0 Å². The van der Waals surface area contributed by atoms with Crippen molar-refractivity contribution >= 4 is 63.0 Å². The summed E-state index contributed by atoms with van der Waals surface area (Å²) >= 11 is 0. The van der Waals surface area contributed by atoms with Crippen LogP contribution in [0.5, 0.6) is 34.5 Å². The molecule has 0 radical (unpaired) electrons. The third-order valence-electron chi connectivity index (χ3n) is 14.0. The number of nitrogens with two attached hydrogens (primary N) is 1. The molecule has 1 unspecified atom stereocenters. The fraction of sp³-hybridized carbons (Fsp3) is 0.222. The first kappa shape index (κ1) is 56.7. The van der Waals surface area contributed by atoms with Gasteiger partial charge in [-0.2, -0.15) is 0 Å². The molecule has 0 bridgehead atoms. The number of amides is 2. The molecule has 0 saturated heterocycles. The third-order valence-corrected chi connectivity index (χ3v) is 14.0. The molecular formula is C63H56F2N4O11. The molecule has 4 N–H and O–H groups in total. The largest absolute Gasteiger partial charge is 0.507 e. The fourth-order valence-corrected chi connectivity index (χ4v) is 9.34. The highest BCUT2D eigenvalue weighted by molar-refractivity contribution is 6.12. The monoisotopic (exact) mass is 1080 g/mol. The first-order chi connectivity index (χ1) is 38.0. The minimum absolute atomic E-state index is 0. The predicted molar refractivity (Wildman–Crippen MR) is 294 cm³/mol.